The predicted molar refractivity (Wildman–Crippen MR) is 98.7 cm³/mol. The molecule has 2 fully saturated rings. The lowest BCUT2D eigenvalue weighted by molar-refractivity contribution is 0.0827. The van der Waals surface area contributed by atoms with Crippen molar-refractivity contribution in [3.63, 3.8) is 0 Å². The van der Waals surface area contributed by atoms with Crippen molar-refractivity contribution in [1.82, 2.24) is 15.5 Å². The van der Waals surface area contributed by atoms with Crippen LogP contribution in [0.1, 0.15) is 42.1 Å². The van der Waals surface area contributed by atoms with Crippen LogP contribution in [-0.4, -0.2) is 55.7 Å². The number of hydrogen-bond donors (Lipinski definition) is 2. The van der Waals surface area contributed by atoms with Crippen LogP contribution in [0.5, 0.6) is 0 Å². The van der Waals surface area contributed by atoms with E-state index in [9.17, 15) is 4.79 Å². The van der Waals surface area contributed by atoms with Gasteiger partial charge in [0.05, 0.1) is 24.8 Å². The lowest BCUT2D eigenvalue weighted by Crippen LogP contribution is -2.47. The maximum atomic E-state index is 11.9. The summed E-state index contributed by atoms with van der Waals surface area (Å²) in [6.07, 6.45) is 4.14. The Morgan fingerprint density at radius 3 is 2.60 bits per heavy atom. The number of benzene rings is 1. The predicted octanol–water partition coefficient (Wildman–Crippen LogP) is 1.76. The van der Waals surface area contributed by atoms with Gasteiger partial charge in [0.25, 0.3) is 5.91 Å². The molecule has 25 heavy (non-hydrogen) atoms. The molecule has 0 aromatic heterocycles. The minimum atomic E-state index is 0.0151. The van der Waals surface area contributed by atoms with E-state index in [4.69, 9.17) is 4.74 Å². The van der Waals surface area contributed by atoms with E-state index < -0.39 is 0 Å². The van der Waals surface area contributed by atoms with Gasteiger partial charge in [0.2, 0.25) is 0 Å². The molecule has 3 atom stereocenters. The summed E-state index contributed by atoms with van der Waals surface area (Å²) >= 11 is 0. The molecule has 1 aromatic rings. The first kappa shape index (κ1) is 17.7. The number of amides is 1. The van der Waals surface area contributed by atoms with Gasteiger partial charge in [-0.05, 0) is 43.9 Å². The van der Waals surface area contributed by atoms with Gasteiger partial charge in [-0.15, -0.1) is 0 Å². The van der Waals surface area contributed by atoms with Crippen molar-refractivity contribution in [2.45, 2.75) is 51.0 Å². The number of nitrogens with zero attached hydrogens (tertiary/aromatic N) is 2. The van der Waals surface area contributed by atoms with Crippen molar-refractivity contribution in [3.05, 3.63) is 35.4 Å². The number of guanidine groups is 1. The molecule has 0 saturated carbocycles. The highest BCUT2D eigenvalue weighted by atomic mass is 16.5. The molecule has 0 spiro atoms. The van der Waals surface area contributed by atoms with Crippen molar-refractivity contribution in [2.75, 3.05) is 20.6 Å². The topological polar surface area (TPSA) is 66.0 Å². The number of carbonyl (C=O) groups is 1. The van der Waals surface area contributed by atoms with Gasteiger partial charge in [-0.25, -0.2) is 4.99 Å². The Bertz CT molecular complexity index is 627. The molecular weight excluding hydrogens is 316 g/mol. The van der Waals surface area contributed by atoms with Crippen molar-refractivity contribution in [2.24, 2.45) is 4.99 Å². The van der Waals surface area contributed by atoms with E-state index in [2.05, 4.69) is 22.5 Å². The van der Waals surface area contributed by atoms with Gasteiger partial charge < -0.3 is 20.3 Å². The third kappa shape index (κ3) is 4.31. The van der Waals surface area contributed by atoms with Crippen LogP contribution < -0.4 is 10.6 Å². The first-order valence-electron chi connectivity index (χ1n) is 9.07. The zero-order valence-corrected chi connectivity index (χ0v) is 15.3. The molecule has 2 heterocycles. The minimum Gasteiger partial charge on any atom is -0.373 e. The summed E-state index contributed by atoms with van der Waals surface area (Å²) in [6, 6.07) is 8.00. The molecule has 136 valence electrons. The van der Waals surface area contributed by atoms with E-state index >= 15 is 0 Å². The van der Waals surface area contributed by atoms with E-state index in [1.54, 1.807) is 19.0 Å². The Balaban J connectivity index is 1.60. The summed E-state index contributed by atoms with van der Waals surface area (Å²) in [5.41, 5.74) is 1.78. The van der Waals surface area contributed by atoms with Crippen LogP contribution in [-0.2, 0) is 11.3 Å². The SMILES string of the molecule is CCNC(=NCc1ccc(C(=O)N(C)C)cc1)NC1CC2CCC1O2. The fourth-order valence-electron chi connectivity index (χ4n) is 3.47. The number of hydrogen-bond acceptors (Lipinski definition) is 3. The van der Waals surface area contributed by atoms with Crippen molar-refractivity contribution >= 4 is 11.9 Å². The molecule has 2 aliphatic heterocycles. The molecule has 2 N–H and O–H groups in total. The summed E-state index contributed by atoms with van der Waals surface area (Å²) < 4.78 is 5.90. The number of carbonyl (C=O) groups excluding carboxylic acids is 1. The van der Waals surface area contributed by atoms with Crippen molar-refractivity contribution in [1.29, 1.82) is 0 Å². The number of aliphatic imine (C=N–C) groups is 1. The number of ether oxygens (including phenoxy) is 1. The van der Waals surface area contributed by atoms with Gasteiger partial charge in [0.1, 0.15) is 0 Å². The zero-order valence-electron chi connectivity index (χ0n) is 15.3. The molecule has 0 aliphatic carbocycles. The normalized spacial score (nSPS) is 25.1. The highest BCUT2D eigenvalue weighted by Gasteiger charge is 2.41. The summed E-state index contributed by atoms with van der Waals surface area (Å²) in [7, 11) is 3.52. The Morgan fingerprint density at radius 2 is 2.04 bits per heavy atom. The van der Waals surface area contributed by atoms with E-state index in [0.717, 1.165) is 30.9 Å². The smallest absolute Gasteiger partial charge is 0.253 e. The second kappa shape index (κ2) is 7.87. The van der Waals surface area contributed by atoms with E-state index in [0.29, 0.717) is 30.4 Å². The van der Waals surface area contributed by atoms with Gasteiger partial charge in [0.15, 0.2) is 5.96 Å². The second-order valence-electron chi connectivity index (χ2n) is 6.95. The van der Waals surface area contributed by atoms with E-state index in [1.165, 1.54) is 6.42 Å². The lowest BCUT2D eigenvalue weighted by Gasteiger charge is -2.22. The summed E-state index contributed by atoms with van der Waals surface area (Å²) in [5, 5.41) is 6.82. The van der Waals surface area contributed by atoms with E-state index in [1.807, 2.05) is 24.3 Å². The largest absolute Gasteiger partial charge is 0.373 e. The summed E-state index contributed by atoms with van der Waals surface area (Å²) in [4.78, 5) is 18.2. The Morgan fingerprint density at radius 1 is 1.28 bits per heavy atom. The fraction of sp³-hybridized carbons (Fsp3) is 0.579. The number of nitrogens with one attached hydrogen (secondary N) is 2. The molecular formula is C19H28N4O2. The first-order valence-corrected chi connectivity index (χ1v) is 9.07. The molecule has 3 unspecified atom stereocenters. The third-order valence-corrected chi connectivity index (χ3v) is 4.80. The molecule has 6 heteroatoms. The highest BCUT2D eigenvalue weighted by Crippen LogP contribution is 2.34. The van der Waals surface area contributed by atoms with Crippen molar-refractivity contribution in [3.8, 4) is 0 Å². The molecule has 0 radical (unpaired) electrons. The van der Waals surface area contributed by atoms with Crippen LogP contribution >= 0.6 is 0 Å². The van der Waals surface area contributed by atoms with Gasteiger partial charge in [-0.2, -0.15) is 0 Å². The summed E-state index contributed by atoms with van der Waals surface area (Å²) in [5.74, 6) is 0.846. The van der Waals surface area contributed by atoms with Gasteiger partial charge in [0, 0.05) is 26.2 Å². The molecule has 2 bridgehead atoms. The van der Waals surface area contributed by atoms with E-state index in [-0.39, 0.29) is 5.91 Å². The molecule has 2 aliphatic rings. The second-order valence-corrected chi connectivity index (χ2v) is 6.95. The average molecular weight is 344 g/mol. The first-order chi connectivity index (χ1) is 12.1. The summed E-state index contributed by atoms with van der Waals surface area (Å²) in [6.45, 7) is 3.47. The standard InChI is InChI=1S/C19H28N4O2/c1-4-20-19(22-16-11-15-9-10-17(16)25-15)21-12-13-5-7-14(8-6-13)18(24)23(2)3/h5-8,15-17H,4,9-12H2,1-3H3,(H2,20,21,22). The molecule has 3 rings (SSSR count). The molecule has 1 aromatic carbocycles. The zero-order chi connectivity index (χ0) is 17.8. The third-order valence-electron chi connectivity index (χ3n) is 4.80. The lowest BCUT2D eigenvalue weighted by atomic mass is 9.96. The van der Waals surface area contributed by atoms with Crippen LogP contribution in [0.4, 0.5) is 0 Å². The Hall–Kier alpha value is -2.08. The van der Waals surface area contributed by atoms with Crippen LogP contribution in [0.15, 0.2) is 29.3 Å². The maximum absolute atomic E-state index is 11.9. The average Bonchev–Trinajstić information content (AvgIpc) is 3.22. The van der Waals surface area contributed by atoms with Gasteiger partial charge in [-0.1, -0.05) is 12.1 Å². The quantitative estimate of drug-likeness (QED) is 0.631. The van der Waals surface area contributed by atoms with Crippen LogP contribution in [0.2, 0.25) is 0 Å². The highest BCUT2D eigenvalue weighted by molar-refractivity contribution is 5.93. The monoisotopic (exact) mass is 344 g/mol. The van der Waals surface area contributed by atoms with Crippen molar-refractivity contribution < 1.29 is 9.53 Å². The van der Waals surface area contributed by atoms with Crippen LogP contribution in [0, 0.1) is 0 Å². The van der Waals surface area contributed by atoms with Crippen LogP contribution in [0.25, 0.3) is 0 Å². The Labute approximate surface area is 149 Å². The van der Waals surface area contributed by atoms with Gasteiger partial charge in [-0.3, -0.25) is 4.79 Å². The minimum absolute atomic E-state index is 0.0151. The maximum Gasteiger partial charge on any atom is 0.253 e. The fourth-order valence-corrected chi connectivity index (χ4v) is 3.47. The number of fused-ring (bicyclic) bond motifs is 2. The molecule has 6 nitrogen and oxygen atoms in total. The molecule has 2 saturated heterocycles. The molecule has 1 amide bonds. The number of rotatable bonds is 5. The Kier molecular flexibility index (Phi) is 5.58. The van der Waals surface area contributed by atoms with Gasteiger partial charge >= 0.3 is 0 Å². The van der Waals surface area contributed by atoms with Crippen LogP contribution in [0.3, 0.4) is 0 Å².